The van der Waals surface area contributed by atoms with Crippen LogP contribution >= 0.6 is 0 Å². The third-order valence-electron chi connectivity index (χ3n) is 6.58. The highest BCUT2D eigenvalue weighted by Gasteiger charge is 2.10. The Labute approximate surface area is 239 Å². The molecule has 5 heteroatoms. The highest BCUT2D eigenvalue weighted by atomic mass is 15.0. The summed E-state index contributed by atoms with van der Waals surface area (Å²) < 4.78 is 0. The Bertz CT molecular complexity index is 1030. The number of rotatable bonds is 16. The minimum Gasteiger partial charge on any atom is -0.386 e. The summed E-state index contributed by atoms with van der Waals surface area (Å²) in [7, 11) is 0. The van der Waals surface area contributed by atoms with Crippen molar-refractivity contribution in [3.05, 3.63) is 101 Å². The molecule has 0 aliphatic heterocycles. The van der Waals surface area contributed by atoms with Gasteiger partial charge in [0.25, 0.3) is 0 Å². The summed E-state index contributed by atoms with van der Waals surface area (Å²) in [6, 6.07) is 2.21. The van der Waals surface area contributed by atoms with Gasteiger partial charge in [-0.25, -0.2) is 0 Å². The van der Waals surface area contributed by atoms with Crippen LogP contribution in [0.3, 0.4) is 0 Å². The number of aromatic amines is 1. The van der Waals surface area contributed by atoms with E-state index in [4.69, 9.17) is 5.73 Å². The summed E-state index contributed by atoms with van der Waals surface area (Å²) in [5, 5.41) is 10.0. The van der Waals surface area contributed by atoms with Crippen LogP contribution < -0.4 is 21.7 Å². The standard InChI is InChI=1S/C21H30N4.C13H25N/c1-5-19-14-20(16(3)25-19)21(24-12-11-23-17(4)22)13-15(2)18-9-7-6-8-10-18;1-5-8-10-12(4)11-14-13(7-3)9-6-2/h7,9-10,13-14,23-25H,2,4-6,8,11-12,22H2,1,3H3;6-7,9,12,14H,5,8,10-11H2,1-4H3/b21-13+;9-6-,13-7+. The van der Waals surface area contributed by atoms with Crippen LogP contribution in [0.25, 0.3) is 5.70 Å². The SMILES string of the molecule is C/C=C\C(=C/C)NCC(C)CCCC.C=C(N)NCCN/C(=C/C(=C)C1=CCCC=C1)c1cc(CC)[nH]c1C. The number of hydrogen-bond donors (Lipinski definition) is 5. The Morgan fingerprint density at radius 2 is 1.87 bits per heavy atom. The van der Waals surface area contributed by atoms with Crippen molar-refractivity contribution in [1.82, 2.24) is 20.9 Å². The molecule has 6 N–H and O–H groups in total. The van der Waals surface area contributed by atoms with Crippen LogP contribution in [0.4, 0.5) is 0 Å². The number of H-pyrrole nitrogens is 1. The molecule has 1 aliphatic rings. The summed E-state index contributed by atoms with van der Waals surface area (Å²) in [4.78, 5) is 3.45. The molecule has 1 atom stereocenters. The van der Waals surface area contributed by atoms with Crippen LogP contribution in [-0.2, 0) is 6.42 Å². The molecule has 0 saturated heterocycles. The van der Waals surface area contributed by atoms with Gasteiger partial charge < -0.3 is 26.7 Å². The van der Waals surface area contributed by atoms with E-state index in [0.717, 1.165) is 55.2 Å². The zero-order valence-corrected chi connectivity index (χ0v) is 25.6. The molecule has 5 nitrogen and oxygen atoms in total. The molecule has 0 spiro atoms. The lowest BCUT2D eigenvalue weighted by molar-refractivity contribution is 0.487. The Morgan fingerprint density at radius 1 is 1.13 bits per heavy atom. The molecule has 2 rings (SSSR count). The van der Waals surface area contributed by atoms with Crippen molar-refractivity contribution in [3.63, 3.8) is 0 Å². The fourth-order valence-electron chi connectivity index (χ4n) is 4.23. The second kappa shape index (κ2) is 19.7. The van der Waals surface area contributed by atoms with Gasteiger partial charge in [-0.2, -0.15) is 0 Å². The van der Waals surface area contributed by atoms with Crippen LogP contribution in [0.2, 0.25) is 0 Å². The van der Waals surface area contributed by atoms with Gasteiger partial charge in [0.05, 0.1) is 5.82 Å². The molecule has 0 radical (unpaired) electrons. The number of nitrogens with two attached hydrogens (primary N) is 1. The maximum absolute atomic E-state index is 5.56. The molecule has 1 aromatic heterocycles. The molecule has 1 heterocycles. The summed E-state index contributed by atoms with van der Waals surface area (Å²) in [6.45, 7) is 23.4. The Kier molecular flexibility index (Phi) is 17.0. The number of hydrogen-bond acceptors (Lipinski definition) is 4. The van der Waals surface area contributed by atoms with Gasteiger partial charge in [-0.15, -0.1) is 0 Å². The Balaban J connectivity index is 0.000000464. The monoisotopic (exact) mass is 533 g/mol. The zero-order valence-electron chi connectivity index (χ0n) is 25.6. The van der Waals surface area contributed by atoms with Gasteiger partial charge in [0, 0.05) is 48.0 Å². The van der Waals surface area contributed by atoms with E-state index in [0.29, 0.717) is 12.4 Å². The number of aromatic nitrogens is 1. The van der Waals surface area contributed by atoms with E-state index in [1.54, 1.807) is 0 Å². The highest BCUT2D eigenvalue weighted by Crippen LogP contribution is 2.24. The third kappa shape index (κ3) is 13.9. The molecule has 0 amide bonds. The predicted octanol–water partition coefficient (Wildman–Crippen LogP) is 7.55. The van der Waals surface area contributed by atoms with Gasteiger partial charge in [-0.3, -0.25) is 0 Å². The Hall–Kier alpha value is -3.34. The van der Waals surface area contributed by atoms with E-state index in [-0.39, 0.29) is 0 Å². The molecular weight excluding hydrogens is 478 g/mol. The third-order valence-corrected chi connectivity index (χ3v) is 6.58. The van der Waals surface area contributed by atoms with E-state index in [2.05, 4.69) is 117 Å². The number of unbranched alkanes of at least 4 members (excludes halogenated alkanes) is 1. The van der Waals surface area contributed by atoms with Crippen LogP contribution in [-0.4, -0.2) is 24.6 Å². The van der Waals surface area contributed by atoms with Crippen LogP contribution in [0.1, 0.15) is 83.7 Å². The van der Waals surface area contributed by atoms with Gasteiger partial charge in [0.2, 0.25) is 0 Å². The van der Waals surface area contributed by atoms with E-state index >= 15 is 0 Å². The highest BCUT2D eigenvalue weighted by molar-refractivity contribution is 5.71. The summed E-state index contributed by atoms with van der Waals surface area (Å²) in [5.41, 5.74) is 13.7. The molecule has 0 saturated carbocycles. The van der Waals surface area contributed by atoms with E-state index in [1.807, 2.05) is 6.92 Å². The van der Waals surface area contributed by atoms with Crippen molar-refractivity contribution in [2.24, 2.45) is 11.7 Å². The van der Waals surface area contributed by atoms with E-state index in [9.17, 15) is 0 Å². The summed E-state index contributed by atoms with van der Waals surface area (Å²) >= 11 is 0. The van der Waals surface area contributed by atoms with Gasteiger partial charge in [0.15, 0.2) is 0 Å². The van der Waals surface area contributed by atoms with Gasteiger partial charge in [0.1, 0.15) is 0 Å². The molecular formula is C34H55N5. The van der Waals surface area contributed by atoms with Gasteiger partial charge in [-0.1, -0.05) is 77.2 Å². The lowest BCUT2D eigenvalue weighted by atomic mass is 9.99. The fourth-order valence-corrected chi connectivity index (χ4v) is 4.23. The predicted molar refractivity (Wildman–Crippen MR) is 173 cm³/mol. The van der Waals surface area contributed by atoms with E-state index in [1.165, 1.54) is 41.8 Å². The average Bonchev–Trinajstić information content (AvgIpc) is 3.32. The van der Waals surface area contributed by atoms with E-state index < -0.39 is 0 Å². The first kappa shape index (κ1) is 33.7. The normalized spacial score (nSPS) is 14.4. The van der Waals surface area contributed by atoms with Crippen molar-refractivity contribution in [3.8, 4) is 0 Å². The maximum Gasteiger partial charge on any atom is 0.0886 e. The lowest BCUT2D eigenvalue weighted by Crippen LogP contribution is -2.28. The first-order valence-corrected chi connectivity index (χ1v) is 14.7. The summed E-state index contributed by atoms with van der Waals surface area (Å²) in [6.07, 6.45) is 22.2. The zero-order chi connectivity index (χ0) is 29.0. The first-order valence-electron chi connectivity index (χ1n) is 14.7. The van der Waals surface area contributed by atoms with Gasteiger partial charge >= 0.3 is 0 Å². The van der Waals surface area contributed by atoms with Crippen LogP contribution in [0.5, 0.6) is 0 Å². The minimum atomic E-state index is 0.486. The minimum absolute atomic E-state index is 0.486. The molecule has 1 unspecified atom stereocenters. The maximum atomic E-state index is 5.56. The van der Waals surface area contributed by atoms with Crippen molar-refractivity contribution in [1.29, 1.82) is 0 Å². The van der Waals surface area contributed by atoms with Crippen LogP contribution in [0, 0.1) is 12.8 Å². The lowest BCUT2D eigenvalue weighted by Gasteiger charge is -2.14. The van der Waals surface area contributed by atoms with Crippen LogP contribution in [0.15, 0.2) is 84.4 Å². The molecule has 0 bridgehead atoms. The van der Waals surface area contributed by atoms with Crippen molar-refractivity contribution in [2.45, 2.75) is 80.1 Å². The fraction of sp³-hybridized carbons (Fsp3) is 0.471. The van der Waals surface area contributed by atoms with Crippen molar-refractivity contribution in [2.75, 3.05) is 19.6 Å². The Morgan fingerprint density at radius 3 is 2.44 bits per heavy atom. The average molecular weight is 534 g/mol. The quantitative estimate of drug-likeness (QED) is 0.112. The largest absolute Gasteiger partial charge is 0.386 e. The molecule has 39 heavy (non-hydrogen) atoms. The molecule has 1 aliphatic carbocycles. The second-order valence-corrected chi connectivity index (χ2v) is 10.2. The van der Waals surface area contributed by atoms with Crippen molar-refractivity contribution >= 4 is 5.70 Å². The number of nitrogens with one attached hydrogen (secondary N) is 4. The smallest absolute Gasteiger partial charge is 0.0886 e. The molecule has 1 aromatic rings. The number of allylic oxidation sites excluding steroid dienone is 9. The van der Waals surface area contributed by atoms with Gasteiger partial charge in [-0.05, 0) is 81.7 Å². The molecule has 216 valence electrons. The molecule has 0 aromatic carbocycles. The second-order valence-electron chi connectivity index (χ2n) is 10.2. The topological polar surface area (TPSA) is 77.9 Å². The number of aryl methyl sites for hydroxylation is 2. The summed E-state index contributed by atoms with van der Waals surface area (Å²) in [5.74, 6) is 1.26. The molecule has 0 fully saturated rings. The first-order chi connectivity index (χ1) is 18.7. The van der Waals surface area contributed by atoms with Crippen molar-refractivity contribution < 1.29 is 0 Å².